The normalized spacial score (nSPS) is 23.4. The van der Waals surface area contributed by atoms with E-state index in [0.717, 1.165) is 0 Å². The van der Waals surface area contributed by atoms with Crippen molar-refractivity contribution in [2.45, 2.75) is 77.2 Å². The Balaban J connectivity index is 2.05. The summed E-state index contributed by atoms with van der Waals surface area (Å²) in [5.74, 6) is 1.83. The van der Waals surface area contributed by atoms with Crippen molar-refractivity contribution < 1.29 is 0 Å². The molecule has 1 fully saturated rings. The molecule has 0 radical (unpaired) electrons. The van der Waals surface area contributed by atoms with Crippen LogP contribution < -0.4 is 0 Å². The molecule has 1 aliphatic rings. The minimum Gasteiger partial charge on any atom is -0.348 e. The summed E-state index contributed by atoms with van der Waals surface area (Å²) in [6, 6.07) is 0.702. The van der Waals surface area contributed by atoms with E-state index >= 15 is 0 Å². The predicted molar refractivity (Wildman–Crippen MR) is 85.0 cm³/mol. The molecule has 1 saturated carbocycles. The molecule has 2 unspecified atom stereocenters. The first-order chi connectivity index (χ1) is 9.86. The Hall–Kier alpha value is -0.830. The van der Waals surface area contributed by atoms with Crippen molar-refractivity contribution in [1.29, 1.82) is 0 Å². The molecule has 114 valence electrons. The molecule has 1 aliphatic carbocycles. The summed E-state index contributed by atoms with van der Waals surface area (Å²) in [4.78, 5) is 10.7. The molecule has 0 saturated heterocycles. The summed E-state index contributed by atoms with van der Waals surface area (Å²) in [7, 11) is 0. The topological polar surface area (TPSA) is 31.9 Å². The number of imidazole rings is 1. The third-order valence-electron chi connectivity index (χ3n) is 4.67. The Bertz CT molecular complexity index is 339. The van der Waals surface area contributed by atoms with Crippen molar-refractivity contribution in [3.05, 3.63) is 18.2 Å². The van der Waals surface area contributed by atoms with E-state index in [-0.39, 0.29) is 0 Å². The van der Waals surface area contributed by atoms with Gasteiger partial charge in [0.1, 0.15) is 5.82 Å². The second-order valence-corrected chi connectivity index (χ2v) is 6.18. The average Bonchev–Trinajstić information content (AvgIpc) is 3.02. The Kier molecular flexibility index (Phi) is 6.58. The standard InChI is InChI=1S/C17H31N3/c1-3-5-13-20(14-6-4-2)16-10-8-7-9-15(16)17-18-11-12-19-17/h11-12,15-16H,3-10,13-14H2,1-2H3,(H,18,19). The van der Waals surface area contributed by atoms with Crippen LogP contribution in [0.25, 0.3) is 0 Å². The number of hydrogen-bond acceptors (Lipinski definition) is 2. The predicted octanol–water partition coefficient (Wildman–Crippen LogP) is 4.34. The fraction of sp³-hybridized carbons (Fsp3) is 0.824. The van der Waals surface area contributed by atoms with Crippen LogP contribution in [0.5, 0.6) is 0 Å². The van der Waals surface area contributed by atoms with Crippen LogP contribution in [0.3, 0.4) is 0 Å². The van der Waals surface area contributed by atoms with E-state index in [0.29, 0.717) is 12.0 Å². The van der Waals surface area contributed by atoms with Gasteiger partial charge >= 0.3 is 0 Å². The van der Waals surface area contributed by atoms with E-state index < -0.39 is 0 Å². The van der Waals surface area contributed by atoms with Gasteiger partial charge in [-0.3, -0.25) is 4.90 Å². The van der Waals surface area contributed by atoms with Crippen LogP contribution >= 0.6 is 0 Å². The molecule has 3 nitrogen and oxygen atoms in total. The number of unbranched alkanes of at least 4 members (excludes halogenated alkanes) is 2. The van der Waals surface area contributed by atoms with Crippen LogP contribution in [-0.4, -0.2) is 34.0 Å². The number of aromatic nitrogens is 2. The summed E-state index contributed by atoms with van der Waals surface area (Å²) in [5.41, 5.74) is 0. The monoisotopic (exact) mass is 277 g/mol. The number of hydrogen-bond donors (Lipinski definition) is 1. The highest BCUT2D eigenvalue weighted by atomic mass is 15.2. The van der Waals surface area contributed by atoms with Crippen molar-refractivity contribution in [1.82, 2.24) is 14.9 Å². The largest absolute Gasteiger partial charge is 0.348 e. The van der Waals surface area contributed by atoms with Crippen LogP contribution in [0.1, 0.15) is 77.0 Å². The second kappa shape index (κ2) is 8.46. The van der Waals surface area contributed by atoms with Crippen LogP contribution in [0.4, 0.5) is 0 Å². The fourth-order valence-corrected chi connectivity index (χ4v) is 3.51. The van der Waals surface area contributed by atoms with E-state index in [4.69, 9.17) is 0 Å². The summed E-state index contributed by atoms with van der Waals surface area (Å²) in [6.45, 7) is 7.11. The number of nitrogens with zero attached hydrogens (tertiary/aromatic N) is 2. The fourth-order valence-electron chi connectivity index (χ4n) is 3.51. The number of rotatable bonds is 8. The first kappa shape index (κ1) is 15.6. The summed E-state index contributed by atoms with van der Waals surface area (Å²) >= 11 is 0. The Morgan fingerprint density at radius 3 is 2.45 bits per heavy atom. The van der Waals surface area contributed by atoms with Crippen molar-refractivity contribution >= 4 is 0 Å². The van der Waals surface area contributed by atoms with Gasteiger partial charge in [-0.15, -0.1) is 0 Å². The van der Waals surface area contributed by atoms with Gasteiger partial charge < -0.3 is 4.98 Å². The lowest BCUT2D eigenvalue weighted by molar-refractivity contribution is 0.129. The lowest BCUT2D eigenvalue weighted by Gasteiger charge is -2.39. The minimum atomic E-state index is 0.618. The Morgan fingerprint density at radius 2 is 1.85 bits per heavy atom. The quantitative estimate of drug-likeness (QED) is 0.766. The molecule has 1 heterocycles. The van der Waals surface area contributed by atoms with E-state index in [2.05, 4.69) is 28.7 Å². The number of H-pyrrole nitrogens is 1. The maximum Gasteiger partial charge on any atom is 0.110 e. The Labute approximate surface area is 124 Å². The van der Waals surface area contributed by atoms with E-state index in [1.807, 2.05) is 12.4 Å². The second-order valence-electron chi connectivity index (χ2n) is 6.18. The molecule has 20 heavy (non-hydrogen) atoms. The molecule has 1 N–H and O–H groups in total. The molecule has 1 aromatic heterocycles. The van der Waals surface area contributed by atoms with Crippen molar-refractivity contribution in [3.63, 3.8) is 0 Å². The molecule has 2 atom stereocenters. The highest BCUT2D eigenvalue weighted by Gasteiger charge is 2.32. The van der Waals surface area contributed by atoms with E-state index in [1.54, 1.807) is 0 Å². The average molecular weight is 277 g/mol. The molecule has 2 rings (SSSR count). The maximum absolute atomic E-state index is 4.55. The summed E-state index contributed by atoms with van der Waals surface area (Å²) in [6.07, 6.45) is 14.5. The summed E-state index contributed by atoms with van der Waals surface area (Å²) < 4.78 is 0. The van der Waals surface area contributed by atoms with Gasteiger partial charge in [0, 0.05) is 24.4 Å². The molecule has 0 spiro atoms. The number of nitrogens with one attached hydrogen (secondary N) is 1. The van der Waals surface area contributed by atoms with Crippen molar-refractivity contribution in [2.75, 3.05) is 13.1 Å². The van der Waals surface area contributed by atoms with Gasteiger partial charge in [-0.25, -0.2) is 4.98 Å². The SMILES string of the molecule is CCCCN(CCCC)C1CCCCC1c1ncc[nH]1. The lowest BCUT2D eigenvalue weighted by atomic mass is 9.82. The zero-order valence-electron chi connectivity index (χ0n) is 13.3. The molecule has 1 aromatic rings. The third-order valence-corrected chi connectivity index (χ3v) is 4.67. The van der Waals surface area contributed by atoms with Crippen LogP contribution in [-0.2, 0) is 0 Å². The smallest absolute Gasteiger partial charge is 0.110 e. The van der Waals surface area contributed by atoms with Gasteiger partial charge in [-0.05, 0) is 38.8 Å². The first-order valence-corrected chi connectivity index (χ1v) is 8.60. The van der Waals surface area contributed by atoms with E-state index in [9.17, 15) is 0 Å². The highest BCUT2D eigenvalue weighted by molar-refractivity contribution is 5.04. The molecule has 0 amide bonds. The van der Waals surface area contributed by atoms with Crippen molar-refractivity contribution in [3.8, 4) is 0 Å². The first-order valence-electron chi connectivity index (χ1n) is 8.60. The van der Waals surface area contributed by atoms with Gasteiger partial charge in [0.25, 0.3) is 0 Å². The summed E-state index contributed by atoms with van der Waals surface area (Å²) in [5, 5.41) is 0. The van der Waals surface area contributed by atoms with Crippen LogP contribution in [0.2, 0.25) is 0 Å². The zero-order valence-corrected chi connectivity index (χ0v) is 13.3. The zero-order chi connectivity index (χ0) is 14.2. The van der Waals surface area contributed by atoms with Crippen molar-refractivity contribution in [2.24, 2.45) is 0 Å². The Morgan fingerprint density at radius 1 is 1.15 bits per heavy atom. The van der Waals surface area contributed by atoms with Crippen LogP contribution in [0, 0.1) is 0 Å². The highest BCUT2D eigenvalue weighted by Crippen LogP contribution is 2.34. The molecule has 0 bridgehead atoms. The maximum atomic E-state index is 4.55. The molecule has 0 aliphatic heterocycles. The lowest BCUT2D eigenvalue weighted by Crippen LogP contribution is -2.42. The molecule has 0 aromatic carbocycles. The third kappa shape index (κ3) is 4.08. The minimum absolute atomic E-state index is 0.618. The molecule has 3 heteroatoms. The van der Waals surface area contributed by atoms with Gasteiger partial charge in [-0.1, -0.05) is 39.5 Å². The van der Waals surface area contributed by atoms with Gasteiger partial charge in [0.15, 0.2) is 0 Å². The molecular weight excluding hydrogens is 246 g/mol. The van der Waals surface area contributed by atoms with Crippen LogP contribution in [0.15, 0.2) is 12.4 Å². The molecular formula is C17H31N3. The van der Waals surface area contributed by atoms with Gasteiger partial charge in [-0.2, -0.15) is 0 Å². The van der Waals surface area contributed by atoms with Gasteiger partial charge in [0.2, 0.25) is 0 Å². The van der Waals surface area contributed by atoms with Gasteiger partial charge in [0.05, 0.1) is 0 Å². The number of aromatic amines is 1. The van der Waals surface area contributed by atoms with E-state index in [1.165, 1.54) is 70.3 Å².